The van der Waals surface area contributed by atoms with E-state index < -0.39 is 11.2 Å². The Bertz CT molecular complexity index is 905. The van der Waals surface area contributed by atoms with Gasteiger partial charge in [0.25, 0.3) is 0 Å². The van der Waals surface area contributed by atoms with Crippen molar-refractivity contribution in [3.63, 3.8) is 0 Å². The molecule has 2 aliphatic rings. The molecule has 1 aromatic carbocycles. The minimum Gasteiger partial charge on any atom is -0.493 e. The maximum Gasteiger partial charge on any atom is 0.347 e. The number of hydrogen-bond donors (Lipinski definition) is 0. The molecule has 2 aliphatic heterocycles. The molecular weight excluding hydrogens is 336 g/mol. The second-order valence-electron chi connectivity index (χ2n) is 6.36. The molecule has 0 bridgehead atoms. The van der Waals surface area contributed by atoms with Gasteiger partial charge < -0.3 is 23.4 Å². The summed E-state index contributed by atoms with van der Waals surface area (Å²) in [5, 5.41) is 0. The first-order valence-electron chi connectivity index (χ1n) is 8.51. The van der Waals surface area contributed by atoms with Gasteiger partial charge in [0, 0.05) is 24.5 Å². The Morgan fingerprint density at radius 3 is 2.54 bits per heavy atom. The van der Waals surface area contributed by atoms with E-state index in [1.807, 2.05) is 12.1 Å². The summed E-state index contributed by atoms with van der Waals surface area (Å²) in [4.78, 5) is 12.4. The van der Waals surface area contributed by atoms with Crippen molar-refractivity contribution >= 4 is 6.08 Å². The summed E-state index contributed by atoms with van der Waals surface area (Å²) in [5.41, 5.74) is 0.312. The zero-order chi connectivity index (χ0) is 18.1. The standard InChI is InChI=1S/C20H20O6/c1-22-15-4-3-13(11-18(15)23-2)16-12-17-14(19(21)25-16)5-6-20(26-17)7-9-24-10-8-20/h3-6,11-12H,7-10H2,1-2H3. The minimum absolute atomic E-state index is 0.409. The summed E-state index contributed by atoms with van der Waals surface area (Å²) in [5.74, 6) is 2.13. The van der Waals surface area contributed by atoms with Crippen LogP contribution in [0.2, 0.25) is 0 Å². The van der Waals surface area contributed by atoms with Gasteiger partial charge in [0.15, 0.2) is 11.5 Å². The largest absolute Gasteiger partial charge is 0.493 e. The van der Waals surface area contributed by atoms with Crippen LogP contribution < -0.4 is 19.8 Å². The fourth-order valence-corrected chi connectivity index (χ4v) is 3.32. The van der Waals surface area contributed by atoms with Crippen LogP contribution >= 0.6 is 0 Å². The Hall–Kier alpha value is -2.73. The third-order valence-electron chi connectivity index (χ3n) is 4.82. The molecule has 2 aromatic rings. The highest BCUT2D eigenvalue weighted by molar-refractivity contribution is 5.68. The second kappa shape index (κ2) is 6.53. The van der Waals surface area contributed by atoms with E-state index in [4.69, 9.17) is 23.4 Å². The molecule has 0 radical (unpaired) electrons. The average Bonchev–Trinajstić information content (AvgIpc) is 2.67. The second-order valence-corrected chi connectivity index (χ2v) is 6.36. The van der Waals surface area contributed by atoms with Crippen molar-refractivity contribution in [2.75, 3.05) is 27.4 Å². The van der Waals surface area contributed by atoms with Gasteiger partial charge in [-0.1, -0.05) is 0 Å². The predicted octanol–water partition coefficient (Wildman–Crippen LogP) is 3.28. The maximum atomic E-state index is 12.4. The van der Waals surface area contributed by atoms with Gasteiger partial charge in [-0.25, -0.2) is 4.79 Å². The summed E-state index contributed by atoms with van der Waals surface area (Å²) in [6.07, 6.45) is 5.27. The van der Waals surface area contributed by atoms with Crippen LogP contribution in [0.25, 0.3) is 17.4 Å². The average molecular weight is 356 g/mol. The Labute approximate surface area is 150 Å². The molecule has 0 amide bonds. The van der Waals surface area contributed by atoms with Gasteiger partial charge in [-0.15, -0.1) is 0 Å². The van der Waals surface area contributed by atoms with E-state index in [-0.39, 0.29) is 0 Å². The predicted molar refractivity (Wildman–Crippen MR) is 96.0 cm³/mol. The number of benzene rings is 1. The Morgan fingerprint density at radius 1 is 1.04 bits per heavy atom. The summed E-state index contributed by atoms with van der Waals surface area (Å²) in [7, 11) is 3.14. The number of fused-ring (bicyclic) bond motifs is 1. The lowest BCUT2D eigenvalue weighted by Crippen LogP contribution is -2.41. The topological polar surface area (TPSA) is 67.1 Å². The van der Waals surface area contributed by atoms with Crippen molar-refractivity contribution in [1.82, 2.24) is 0 Å². The molecule has 1 aromatic heterocycles. The molecule has 0 unspecified atom stereocenters. The van der Waals surface area contributed by atoms with Crippen molar-refractivity contribution in [2.45, 2.75) is 18.4 Å². The number of ether oxygens (including phenoxy) is 4. The summed E-state index contributed by atoms with van der Waals surface area (Å²) >= 11 is 0. The molecule has 136 valence electrons. The molecule has 1 saturated heterocycles. The quantitative estimate of drug-likeness (QED) is 0.841. The monoisotopic (exact) mass is 356 g/mol. The fourth-order valence-electron chi connectivity index (χ4n) is 3.32. The lowest BCUT2D eigenvalue weighted by atomic mass is 9.91. The van der Waals surface area contributed by atoms with E-state index in [9.17, 15) is 4.79 Å². The van der Waals surface area contributed by atoms with Gasteiger partial charge >= 0.3 is 5.63 Å². The van der Waals surface area contributed by atoms with Crippen molar-refractivity contribution in [1.29, 1.82) is 0 Å². The van der Waals surface area contributed by atoms with Crippen LogP contribution in [0.5, 0.6) is 17.2 Å². The fraction of sp³-hybridized carbons (Fsp3) is 0.350. The first kappa shape index (κ1) is 16.7. The lowest BCUT2D eigenvalue weighted by Gasteiger charge is -2.37. The Morgan fingerprint density at radius 2 is 1.81 bits per heavy atom. The zero-order valence-electron chi connectivity index (χ0n) is 14.7. The smallest absolute Gasteiger partial charge is 0.347 e. The third-order valence-corrected chi connectivity index (χ3v) is 4.82. The van der Waals surface area contributed by atoms with Crippen molar-refractivity contribution < 1.29 is 23.4 Å². The molecule has 1 spiro atoms. The molecule has 6 heteroatoms. The molecule has 0 atom stereocenters. The van der Waals surface area contributed by atoms with E-state index in [0.717, 1.165) is 12.8 Å². The van der Waals surface area contributed by atoms with Crippen LogP contribution in [-0.2, 0) is 4.74 Å². The normalized spacial score (nSPS) is 17.5. The van der Waals surface area contributed by atoms with Crippen molar-refractivity contribution in [2.24, 2.45) is 0 Å². The Balaban J connectivity index is 1.75. The molecule has 4 rings (SSSR count). The van der Waals surface area contributed by atoms with E-state index in [1.54, 1.807) is 38.5 Å². The van der Waals surface area contributed by atoms with Gasteiger partial charge in [-0.05, 0) is 30.4 Å². The number of hydrogen-bond acceptors (Lipinski definition) is 6. The van der Waals surface area contributed by atoms with Crippen molar-refractivity contribution in [3.05, 3.63) is 46.3 Å². The summed E-state index contributed by atoms with van der Waals surface area (Å²) in [6, 6.07) is 7.12. The zero-order valence-corrected chi connectivity index (χ0v) is 14.7. The highest BCUT2D eigenvalue weighted by Crippen LogP contribution is 2.38. The molecule has 26 heavy (non-hydrogen) atoms. The van der Waals surface area contributed by atoms with Gasteiger partial charge in [0.1, 0.15) is 22.7 Å². The van der Waals surface area contributed by atoms with Crippen LogP contribution in [0.1, 0.15) is 18.4 Å². The van der Waals surface area contributed by atoms with Gasteiger partial charge in [-0.3, -0.25) is 0 Å². The molecule has 0 saturated carbocycles. The highest BCUT2D eigenvalue weighted by atomic mass is 16.5. The van der Waals surface area contributed by atoms with Gasteiger partial charge in [0.2, 0.25) is 0 Å². The van der Waals surface area contributed by atoms with E-state index in [2.05, 4.69) is 0 Å². The maximum absolute atomic E-state index is 12.4. The van der Waals surface area contributed by atoms with Crippen LogP contribution in [0.3, 0.4) is 0 Å². The van der Waals surface area contributed by atoms with Crippen LogP contribution in [0.4, 0.5) is 0 Å². The van der Waals surface area contributed by atoms with Gasteiger partial charge in [-0.2, -0.15) is 0 Å². The lowest BCUT2D eigenvalue weighted by molar-refractivity contribution is -0.0181. The summed E-state index contributed by atoms with van der Waals surface area (Å²) < 4.78 is 27.7. The molecule has 6 nitrogen and oxygen atoms in total. The first-order valence-corrected chi connectivity index (χ1v) is 8.51. The van der Waals surface area contributed by atoms with Gasteiger partial charge in [0.05, 0.1) is 27.4 Å². The molecule has 3 heterocycles. The minimum atomic E-state index is -0.426. The highest BCUT2D eigenvalue weighted by Gasteiger charge is 2.36. The third kappa shape index (κ3) is 2.86. The van der Waals surface area contributed by atoms with E-state index >= 15 is 0 Å². The molecule has 1 fully saturated rings. The van der Waals surface area contributed by atoms with E-state index in [0.29, 0.717) is 47.3 Å². The Kier molecular flexibility index (Phi) is 4.20. The molecule has 0 aliphatic carbocycles. The number of methoxy groups -OCH3 is 2. The first-order chi connectivity index (χ1) is 12.6. The van der Waals surface area contributed by atoms with Crippen LogP contribution in [0, 0.1) is 0 Å². The molecular formula is C20H20O6. The summed E-state index contributed by atoms with van der Waals surface area (Å²) in [6.45, 7) is 1.29. The molecule has 0 N–H and O–H groups in total. The van der Waals surface area contributed by atoms with Crippen LogP contribution in [-0.4, -0.2) is 33.0 Å². The number of rotatable bonds is 3. The SMILES string of the molecule is COc1ccc(-c2cc3c(c(=O)o2)C=CC2(CCOCC2)O3)cc1OC. The van der Waals surface area contributed by atoms with Crippen LogP contribution in [0.15, 0.2) is 39.6 Å². The van der Waals surface area contributed by atoms with Crippen molar-refractivity contribution in [3.8, 4) is 28.6 Å². The van der Waals surface area contributed by atoms with E-state index in [1.165, 1.54) is 0 Å².